The number of imidazole rings is 1. The number of aryl methyl sites for hydroxylation is 2. The number of nitrogens with zero attached hydrogens (tertiary/aromatic N) is 3. The molecule has 0 amide bonds. The zero-order chi connectivity index (χ0) is 18.6. The van der Waals surface area contributed by atoms with E-state index in [-0.39, 0.29) is 17.0 Å². The van der Waals surface area contributed by atoms with Gasteiger partial charge >= 0.3 is 0 Å². The third kappa shape index (κ3) is 2.90. The van der Waals surface area contributed by atoms with Crippen LogP contribution in [-0.4, -0.2) is 23.1 Å². The van der Waals surface area contributed by atoms with Crippen LogP contribution in [0.5, 0.6) is 0 Å². The minimum absolute atomic E-state index is 0.148. The summed E-state index contributed by atoms with van der Waals surface area (Å²) in [5.74, 6) is 2.54. The van der Waals surface area contributed by atoms with Crippen molar-refractivity contribution in [2.45, 2.75) is 70.3 Å². The van der Waals surface area contributed by atoms with Gasteiger partial charge in [-0.25, -0.2) is 13.4 Å². The van der Waals surface area contributed by atoms with Crippen LogP contribution in [0.15, 0.2) is 15.7 Å². The molecule has 4 atom stereocenters. The van der Waals surface area contributed by atoms with E-state index in [2.05, 4.69) is 17.1 Å². The highest BCUT2D eigenvalue weighted by Crippen LogP contribution is 2.52. The number of hydrogen-bond acceptors (Lipinski definition) is 5. The Morgan fingerprint density at radius 1 is 1.27 bits per heavy atom. The molecule has 142 valence electrons. The van der Waals surface area contributed by atoms with Crippen molar-refractivity contribution in [3.05, 3.63) is 28.9 Å². The van der Waals surface area contributed by atoms with E-state index in [0.29, 0.717) is 17.4 Å². The Morgan fingerprint density at radius 2 is 2.04 bits per heavy atom. The lowest BCUT2D eigenvalue weighted by Crippen LogP contribution is -2.25. The summed E-state index contributed by atoms with van der Waals surface area (Å²) in [4.78, 5) is 4.46. The molecular weight excluding hydrogens is 350 g/mol. The molecule has 2 fully saturated rings. The van der Waals surface area contributed by atoms with E-state index >= 15 is 0 Å². The number of hydrogen-bond donors (Lipinski definition) is 0. The highest BCUT2D eigenvalue weighted by Gasteiger charge is 2.43. The summed E-state index contributed by atoms with van der Waals surface area (Å²) in [7, 11) is -3.59. The van der Waals surface area contributed by atoms with Gasteiger partial charge in [0.25, 0.3) is 0 Å². The van der Waals surface area contributed by atoms with Gasteiger partial charge in [0.1, 0.15) is 11.5 Å². The largest absolute Gasteiger partial charge is 0.361 e. The van der Waals surface area contributed by atoms with Gasteiger partial charge in [-0.15, -0.1) is 0 Å². The van der Waals surface area contributed by atoms with E-state index in [1.54, 1.807) is 13.0 Å². The van der Waals surface area contributed by atoms with Gasteiger partial charge in [-0.05, 0) is 64.7 Å². The minimum Gasteiger partial charge on any atom is -0.361 e. The number of rotatable bonds is 5. The highest BCUT2D eigenvalue weighted by atomic mass is 32.2. The fraction of sp³-hybridized carbons (Fsp3) is 0.684. The van der Waals surface area contributed by atoms with E-state index in [4.69, 9.17) is 4.52 Å². The molecule has 6 nitrogen and oxygen atoms in total. The lowest BCUT2D eigenvalue weighted by atomic mass is 9.84. The Balaban J connectivity index is 1.69. The molecule has 2 aliphatic rings. The van der Waals surface area contributed by atoms with E-state index in [9.17, 15) is 8.42 Å². The summed E-state index contributed by atoms with van der Waals surface area (Å²) in [6.45, 7) is 7.79. The maximum atomic E-state index is 13.1. The first-order valence-corrected chi connectivity index (χ1v) is 11.1. The second kappa shape index (κ2) is 6.22. The summed E-state index contributed by atoms with van der Waals surface area (Å²) in [6, 6.07) is 1.82. The Hall–Kier alpha value is -1.63. The number of fused-ring (bicyclic) bond motifs is 2. The third-order valence-electron chi connectivity index (χ3n) is 6.47. The first-order chi connectivity index (χ1) is 12.3. The molecule has 0 aliphatic heterocycles. The second-order valence-corrected chi connectivity index (χ2v) is 10.1. The smallest absolute Gasteiger partial charge is 0.228 e. The van der Waals surface area contributed by atoms with Crippen molar-refractivity contribution in [1.29, 1.82) is 0 Å². The van der Waals surface area contributed by atoms with Crippen LogP contribution < -0.4 is 0 Å². The molecule has 2 heterocycles. The molecule has 0 saturated heterocycles. The summed E-state index contributed by atoms with van der Waals surface area (Å²) < 4.78 is 33.2. The van der Waals surface area contributed by atoms with Crippen LogP contribution in [0, 0.1) is 38.5 Å². The molecule has 7 heteroatoms. The highest BCUT2D eigenvalue weighted by molar-refractivity contribution is 7.90. The van der Waals surface area contributed by atoms with Gasteiger partial charge in [-0.3, -0.25) is 0 Å². The van der Waals surface area contributed by atoms with Crippen molar-refractivity contribution >= 4 is 9.84 Å². The van der Waals surface area contributed by atoms with Crippen molar-refractivity contribution in [2.75, 3.05) is 0 Å². The Morgan fingerprint density at radius 3 is 2.62 bits per heavy atom. The van der Waals surface area contributed by atoms with E-state index < -0.39 is 9.84 Å². The van der Waals surface area contributed by atoms with Crippen molar-refractivity contribution in [3.8, 4) is 0 Å². The van der Waals surface area contributed by atoms with Crippen LogP contribution in [0.1, 0.15) is 61.5 Å². The summed E-state index contributed by atoms with van der Waals surface area (Å²) in [5.41, 5.74) is 2.17. The lowest BCUT2D eigenvalue weighted by Gasteiger charge is -2.30. The Labute approximate surface area is 154 Å². The predicted octanol–water partition coefficient (Wildman–Crippen LogP) is 3.77. The molecule has 4 rings (SSSR count). The molecule has 2 bridgehead atoms. The van der Waals surface area contributed by atoms with Gasteiger partial charge < -0.3 is 9.09 Å². The molecule has 2 saturated carbocycles. The van der Waals surface area contributed by atoms with Crippen LogP contribution in [0.4, 0.5) is 0 Å². The zero-order valence-corrected chi connectivity index (χ0v) is 16.7. The molecule has 0 unspecified atom stereocenters. The first-order valence-electron chi connectivity index (χ1n) is 9.46. The van der Waals surface area contributed by atoms with Crippen LogP contribution >= 0.6 is 0 Å². The van der Waals surface area contributed by atoms with E-state index in [0.717, 1.165) is 23.2 Å². The first kappa shape index (κ1) is 17.8. The van der Waals surface area contributed by atoms with Gasteiger partial charge in [0.15, 0.2) is 0 Å². The topological polar surface area (TPSA) is 78.0 Å². The average molecular weight is 378 g/mol. The molecule has 0 aromatic carbocycles. The van der Waals surface area contributed by atoms with E-state index in [1.807, 2.05) is 18.4 Å². The fourth-order valence-corrected chi connectivity index (χ4v) is 6.65. The minimum atomic E-state index is -3.59. The Kier molecular flexibility index (Phi) is 4.25. The van der Waals surface area contributed by atoms with Gasteiger partial charge in [-0.1, -0.05) is 11.6 Å². The predicted molar refractivity (Wildman–Crippen MR) is 97.5 cm³/mol. The van der Waals surface area contributed by atoms with Crippen LogP contribution in [0.3, 0.4) is 0 Å². The summed E-state index contributed by atoms with van der Waals surface area (Å²) in [5, 5.41) is 4.03. The molecule has 0 N–H and O–H groups in total. The number of sulfone groups is 1. The normalized spacial score (nSPS) is 26.5. The third-order valence-corrected chi connectivity index (χ3v) is 7.99. The standard InChI is InChI=1S/C19H27N3O3S/c1-11-7-17(21-25-11)10-26(23,24)19-20-12(2)13(3)22(19)14(4)18-9-15-5-6-16(18)8-15/h7,14-16,18H,5-6,8-10H2,1-4H3/t14-,15+,16+,18+/m1/s1. The maximum absolute atomic E-state index is 13.1. The van der Waals surface area contributed by atoms with Gasteiger partial charge in [0, 0.05) is 17.8 Å². The van der Waals surface area contributed by atoms with Crippen molar-refractivity contribution in [2.24, 2.45) is 17.8 Å². The number of aromatic nitrogens is 3. The molecular formula is C19H27N3O3S. The summed E-state index contributed by atoms with van der Waals surface area (Å²) in [6.07, 6.45) is 5.14. The maximum Gasteiger partial charge on any atom is 0.228 e. The van der Waals surface area contributed by atoms with Crippen molar-refractivity contribution in [1.82, 2.24) is 14.7 Å². The van der Waals surface area contributed by atoms with Crippen molar-refractivity contribution < 1.29 is 12.9 Å². The van der Waals surface area contributed by atoms with Crippen LogP contribution in [-0.2, 0) is 15.6 Å². The molecule has 0 radical (unpaired) electrons. The molecule has 26 heavy (non-hydrogen) atoms. The molecule has 2 aromatic rings. The molecule has 2 aromatic heterocycles. The quantitative estimate of drug-likeness (QED) is 0.792. The van der Waals surface area contributed by atoms with Crippen molar-refractivity contribution in [3.63, 3.8) is 0 Å². The SMILES string of the molecule is Cc1cc(CS(=O)(=O)c2nc(C)c(C)n2[C@H](C)[C@@H]2C[C@H]3CC[C@H]2C3)no1. The van der Waals surface area contributed by atoms with Crippen LogP contribution in [0.25, 0.3) is 0 Å². The average Bonchev–Trinajstić information content (AvgIpc) is 3.33. The zero-order valence-electron chi connectivity index (χ0n) is 15.9. The Bertz CT molecular complexity index is 928. The fourth-order valence-electron chi connectivity index (χ4n) is 5.12. The van der Waals surface area contributed by atoms with Crippen LogP contribution in [0.2, 0.25) is 0 Å². The molecule has 2 aliphatic carbocycles. The van der Waals surface area contributed by atoms with E-state index in [1.165, 1.54) is 25.7 Å². The summed E-state index contributed by atoms with van der Waals surface area (Å²) >= 11 is 0. The lowest BCUT2D eigenvalue weighted by molar-refractivity contribution is 0.231. The second-order valence-electron chi connectivity index (χ2n) is 8.20. The monoisotopic (exact) mass is 377 g/mol. The molecule has 0 spiro atoms. The van der Waals surface area contributed by atoms with Gasteiger partial charge in [0.2, 0.25) is 15.0 Å². The van der Waals surface area contributed by atoms with Gasteiger partial charge in [-0.2, -0.15) is 0 Å². The van der Waals surface area contributed by atoms with Gasteiger partial charge in [0.05, 0.1) is 11.4 Å².